The number of amides is 2. The molecule has 3 unspecified atom stereocenters. The summed E-state index contributed by atoms with van der Waals surface area (Å²) in [7, 11) is 0. The Hall–Kier alpha value is -0.810. The molecule has 1 N–H and O–H groups in total. The van der Waals surface area contributed by atoms with Gasteiger partial charge >= 0.3 is 6.03 Å². The monoisotopic (exact) mass is 338 g/mol. The fourth-order valence-electron chi connectivity index (χ4n) is 4.30. The van der Waals surface area contributed by atoms with E-state index in [0.717, 1.165) is 70.7 Å². The lowest BCUT2D eigenvalue weighted by Crippen LogP contribution is -2.50. The summed E-state index contributed by atoms with van der Waals surface area (Å²) in [5.41, 5.74) is 0. The largest absolute Gasteiger partial charge is 0.376 e. The van der Waals surface area contributed by atoms with Crippen molar-refractivity contribution in [3.63, 3.8) is 0 Å². The van der Waals surface area contributed by atoms with Gasteiger partial charge in [0.05, 0.1) is 18.8 Å². The van der Waals surface area contributed by atoms with Crippen molar-refractivity contribution in [1.29, 1.82) is 0 Å². The molecule has 3 rings (SSSR count). The Labute approximate surface area is 146 Å². The lowest BCUT2D eigenvalue weighted by molar-refractivity contribution is -0.0382. The summed E-state index contributed by atoms with van der Waals surface area (Å²) in [5.74, 6) is 0.793. The van der Waals surface area contributed by atoms with Gasteiger partial charge in [-0.05, 0) is 44.4 Å². The number of carbonyl (C=O) groups is 1. The van der Waals surface area contributed by atoms with Gasteiger partial charge in [0.2, 0.25) is 0 Å². The number of hydrogen-bond donors (Lipinski definition) is 1. The van der Waals surface area contributed by atoms with E-state index in [0.29, 0.717) is 12.1 Å². The van der Waals surface area contributed by atoms with E-state index in [2.05, 4.69) is 12.2 Å². The second-order valence-corrected chi connectivity index (χ2v) is 7.74. The lowest BCUT2D eigenvalue weighted by Gasteiger charge is -2.35. The minimum Gasteiger partial charge on any atom is -0.376 e. The van der Waals surface area contributed by atoms with Gasteiger partial charge in [-0.25, -0.2) is 4.79 Å². The number of piperidine rings is 1. The first-order valence-corrected chi connectivity index (χ1v) is 10.0. The van der Waals surface area contributed by atoms with Crippen molar-refractivity contribution >= 4 is 6.03 Å². The van der Waals surface area contributed by atoms with E-state index in [-0.39, 0.29) is 12.1 Å². The Morgan fingerprint density at radius 2 is 2.00 bits per heavy atom. The van der Waals surface area contributed by atoms with Crippen LogP contribution in [0.15, 0.2) is 0 Å². The molecule has 5 heteroatoms. The van der Waals surface area contributed by atoms with Crippen LogP contribution in [0.2, 0.25) is 0 Å². The number of urea groups is 1. The fourth-order valence-corrected chi connectivity index (χ4v) is 4.30. The minimum atomic E-state index is 0.134. The van der Waals surface area contributed by atoms with Gasteiger partial charge in [-0.3, -0.25) is 0 Å². The highest BCUT2D eigenvalue weighted by Gasteiger charge is 2.27. The summed E-state index contributed by atoms with van der Waals surface area (Å²) in [6.07, 6.45) is 10.9. The molecule has 2 aliphatic heterocycles. The first-order chi connectivity index (χ1) is 11.7. The van der Waals surface area contributed by atoms with Gasteiger partial charge < -0.3 is 19.7 Å². The molecule has 5 nitrogen and oxygen atoms in total. The maximum Gasteiger partial charge on any atom is 0.317 e. The van der Waals surface area contributed by atoms with Crippen LogP contribution in [0.3, 0.4) is 0 Å². The number of hydrogen-bond acceptors (Lipinski definition) is 3. The van der Waals surface area contributed by atoms with E-state index in [1.54, 1.807) is 0 Å². The Balaban J connectivity index is 1.34. The van der Waals surface area contributed by atoms with Crippen molar-refractivity contribution in [2.75, 3.05) is 26.3 Å². The van der Waals surface area contributed by atoms with Crippen LogP contribution in [0.1, 0.15) is 64.7 Å². The lowest BCUT2D eigenvalue weighted by atomic mass is 9.84. The number of rotatable bonds is 5. The van der Waals surface area contributed by atoms with E-state index < -0.39 is 0 Å². The molecule has 1 saturated carbocycles. The van der Waals surface area contributed by atoms with E-state index in [1.165, 1.54) is 19.3 Å². The van der Waals surface area contributed by atoms with E-state index in [1.807, 2.05) is 4.90 Å². The number of likely N-dealkylation sites (tertiary alicyclic amines) is 1. The number of nitrogens with zero attached hydrogens (tertiary/aromatic N) is 1. The molecule has 0 bridgehead atoms. The molecule has 0 radical (unpaired) electrons. The first kappa shape index (κ1) is 18.0. The van der Waals surface area contributed by atoms with Crippen LogP contribution in [0.25, 0.3) is 0 Å². The Morgan fingerprint density at radius 1 is 1.17 bits per heavy atom. The highest BCUT2D eigenvalue weighted by atomic mass is 16.5. The van der Waals surface area contributed by atoms with Gasteiger partial charge in [-0.1, -0.05) is 26.2 Å². The van der Waals surface area contributed by atoms with Gasteiger partial charge in [-0.2, -0.15) is 0 Å². The minimum absolute atomic E-state index is 0.134. The van der Waals surface area contributed by atoms with Crippen LogP contribution in [-0.2, 0) is 9.47 Å². The standard InChI is InChI=1S/C19H34N2O3/c1-2-15-5-3-6-16(13-15)20-19(22)21-10-8-17(9-11-21)24-14-18-7-4-12-23-18/h15-18H,2-14H2,1H3,(H,20,22). The van der Waals surface area contributed by atoms with E-state index in [9.17, 15) is 4.79 Å². The average Bonchev–Trinajstić information content (AvgIpc) is 3.14. The zero-order valence-electron chi connectivity index (χ0n) is 15.2. The summed E-state index contributed by atoms with van der Waals surface area (Å²) in [4.78, 5) is 14.5. The second-order valence-electron chi connectivity index (χ2n) is 7.74. The molecular formula is C19H34N2O3. The van der Waals surface area contributed by atoms with Crippen LogP contribution in [0, 0.1) is 5.92 Å². The van der Waals surface area contributed by atoms with Crippen molar-refractivity contribution in [3.05, 3.63) is 0 Å². The maximum absolute atomic E-state index is 12.5. The highest BCUT2D eigenvalue weighted by molar-refractivity contribution is 5.74. The smallest absolute Gasteiger partial charge is 0.317 e. The SMILES string of the molecule is CCC1CCCC(NC(=O)N2CCC(OCC3CCCO3)CC2)C1. The number of nitrogens with one attached hydrogen (secondary N) is 1. The van der Waals surface area contributed by atoms with Gasteiger partial charge in [-0.15, -0.1) is 0 Å². The summed E-state index contributed by atoms with van der Waals surface area (Å²) >= 11 is 0. The molecule has 3 aliphatic rings. The molecule has 3 fully saturated rings. The third kappa shape index (κ3) is 5.09. The summed E-state index contributed by atoms with van der Waals surface area (Å²) in [6, 6.07) is 0.513. The summed E-state index contributed by atoms with van der Waals surface area (Å²) < 4.78 is 11.6. The van der Waals surface area contributed by atoms with Crippen LogP contribution in [0.4, 0.5) is 4.79 Å². The molecule has 0 aromatic carbocycles. The normalized spacial score (nSPS) is 32.0. The van der Waals surface area contributed by atoms with E-state index >= 15 is 0 Å². The van der Waals surface area contributed by atoms with Gasteiger partial charge in [0, 0.05) is 25.7 Å². The van der Waals surface area contributed by atoms with Crippen molar-refractivity contribution in [2.45, 2.75) is 83.0 Å². The van der Waals surface area contributed by atoms with Crippen LogP contribution >= 0.6 is 0 Å². The molecule has 138 valence electrons. The molecule has 1 aliphatic carbocycles. The molecule has 0 aromatic rings. The van der Waals surface area contributed by atoms with Crippen molar-refractivity contribution in [2.24, 2.45) is 5.92 Å². The molecule has 0 spiro atoms. The van der Waals surface area contributed by atoms with Crippen LogP contribution < -0.4 is 5.32 Å². The number of carbonyl (C=O) groups excluding carboxylic acids is 1. The Morgan fingerprint density at radius 3 is 2.71 bits per heavy atom. The number of ether oxygens (including phenoxy) is 2. The Kier molecular flexibility index (Phi) is 6.78. The van der Waals surface area contributed by atoms with Gasteiger partial charge in [0.1, 0.15) is 0 Å². The maximum atomic E-state index is 12.5. The van der Waals surface area contributed by atoms with E-state index in [4.69, 9.17) is 9.47 Å². The third-order valence-corrected chi connectivity index (χ3v) is 5.96. The first-order valence-electron chi connectivity index (χ1n) is 10.0. The quantitative estimate of drug-likeness (QED) is 0.836. The fraction of sp³-hybridized carbons (Fsp3) is 0.947. The average molecular weight is 338 g/mol. The van der Waals surface area contributed by atoms with Gasteiger partial charge in [0.25, 0.3) is 0 Å². The third-order valence-electron chi connectivity index (χ3n) is 5.96. The highest BCUT2D eigenvalue weighted by Crippen LogP contribution is 2.27. The molecule has 0 aromatic heterocycles. The predicted octanol–water partition coefficient (Wildman–Crippen LogP) is 3.32. The zero-order valence-corrected chi connectivity index (χ0v) is 15.2. The molecule has 24 heavy (non-hydrogen) atoms. The van der Waals surface area contributed by atoms with Crippen molar-refractivity contribution < 1.29 is 14.3 Å². The van der Waals surface area contributed by atoms with Crippen LogP contribution in [-0.4, -0.2) is 55.5 Å². The molecule has 2 saturated heterocycles. The molecule has 3 atom stereocenters. The summed E-state index contributed by atoms with van der Waals surface area (Å²) in [5, 5.41) is 3.27. The second kappa shape index (κ2) is 9.04. The topological polar surface area (TPSA) is 50.8 Å². The molecule has 2 amide bonds. The Bertz CT molecular complexity index is 390. The van der Waals surface area contributed by atoms with Crippen molar-refractivity contribution in [1.82, 2.24) is 10.2 Å². The predicted molar refractivity (Wildman–Crippen MR) is 94.1 cm³/mol. The molecule has 2 heterocycles. The molecular weight excluding hydrogens is 304 g/mol. The van der Waals surface area contributed by atoms with Crippen molar-refractivity contribution in [3.8, 4) is 0 Å². The van der Waals surface area contributed by atoms with Gasteiger partial charge in [0.15, 0.2) is 0 Å². The van der Waals surface area contributed by atoms with Crippen LogP contribution in [0.5, 0.6) is 0 Å². The summed E-state index contributed by atoms with van der Waals surface area (Å²) in [6.45, 7) is 5.48. The zero-order chi connectivity index (χ0) is 16.8.